The fourth-order valence-corrected chi connectivity index (χ4v) is 3.94. The molecular formula is C23H24ClFN4O5. The summed E-state index contributed by atoms with van der Waals surface area (Å²) in [6.45, 7) is 2.59. The molecule has 0 bridgehead atoms. The SMILES string of the molecule is COc1cc2nc(CN3CCOCC3)n(CC(=O)Nc3ccc(F)c(Cl)c3)c(=O)c2cc1OC. The van der Waals surface area contributed by atoms with Crippen LogP contribution < -0.4 is 20.3 Å². The van der Waals surface area contributed by atoms with Gasteiger partial charge >= 0.3 is 0 Å². The number of aromatic nitrogens is 2. The lowest BCUT2D eigenvalue weighted by atomic mass is 10.2. The van der Waals surface area contributed by atoms with Gasteiger partial charge in [0.15, 0.2) is 11.5 Å². The van der Waals surface area contributed by atoms with Crippen LogP contribution in [0.4, 0.5) is 10.1 Å². The van der Waals surface area contributed by atoms with E-state index < -0.39 is 11.7 Å². The molecule has 1 aliphatic heterocycles. The molecule has 1 amide bonds. The Kier molecular flexibility index (Phi) is 7.30. The van der Waals surface area contributed by atoms with Crippen LogP contribution in [0.5, 0.6) is 11.5 Å². The molecule has 0 radical (unpaired) electrons. The van der Waals surface area contributed by atoms with Crippen molar-refractivity contribution >= 4 is 34.1 Å². The minimum atomic E-state index is -0.591. The molecule has 1 aliphatic rings. The van der Waals surface area contributed by atoms with Crippen LogP contribution in [0.1, 0.15) is 5.82 Å². The van der Waals surface area contributed by atoms with Gasteiger partial charge in [0, 0.05) is 24.8 Å². The minimum absolute atomic E-state index is 0.114. The first-order chi connectivity index (χ1) is 16.4. The monoisotopic (exact) mass is 490 g/mol. The van der Waals surface area contributed by atoms with Crippen molar-refractivity contribution in [3.63, 3.8) is 0 Å². The number of halogens is 2. The number of carbonyl (C=O) groups excluding carboxylic acids is 1. The largest absolute Gasteiger partial charge is 0.493 e. The number of hydrogen-bond donors (Lipinski definition) is 1. The Bertz CT molecular complexity index is 1280. The summed E-state index contributed by atoms with van der Waals surface area (Å²) in [4.78, 5) is 33.1. The van der Waals surface area contributed by atoms with Crippen molar-refractivity contribution in [3.05, 3.63) is 57.3 Å². The first kappa shape index (κ1) is 23.9. The summed E-state index contributed by atoms with van der Waals surface area (Å²) in [5.41, 5.74) is 0.369. The Hall–Kier alpha value is -3.21. The molecule has 2 aromatic carbocycles. The normalized spacial score (nSPS) is 14.2. The number of nitrogens with zero attached hydrogens (tertiary/aromatic N) is 3. The smallest absolute Gasteiger partial charge is 0.262 e. The first-order valence-corrected chi connectivity index (χ1v) is 11.0. The second-order valence-electron chi connectivity index (χ2n) is 7.71. The van der Waals surface area contributed by atoms with Gasteiger partial charge in [-0.3, -0.25) is 19.1 Å². The van der Waals surface area contributed by atoms with Gasteiger partial charge in [0.25, 0.3) is 5.56 Å². The van der Waals surface area contributed by atoms with Crippen LogP contribution in [-0.4, -0.2) is 60.9 Å². The Balaban J connectivity index is 1.72. The highest BCUT2D eigenvalue weighted by Gasteiger charge is 2.20. The third-order valence-electron chi connectivity index (χ3n) is 5.51. The number of carbonyl (C=O) groups is 1. The molecule has 0 unspecified atom stereocenters. The lowest BCUT2D eigenvalue weighted by Gasteiger charge is -2.27. The van der Waals surface area contributed by atoms with Crippen molar-refractivity contribution in [1.29, 1.82) is 0 Å². The number of rotatable bonds is 7. The molecule has 1 N–H and O–H groups in total. The predicted octanol–water partition coefficient (Wildman–Crippen LogP) is 2.68. The van der Waals surface area contributed by atoms with Gasteiger partial charge in [0.05, 0.1) is 49.9 Å². The lowest BCUT2D eigenvalue weighted by Crippen LogP contribution is -2.39. The fraction of sp³-hybridized carbons (Fsp3) is 0.348. The molecule has 34 heavy (non-hydrogen) atoms. The summed E-state index contributed by atoms with van der Waals surface area (Å²) in [5.74, 6) is 0.190. The average molecular weight is 491 g/mol. The van der Waals surface area contributed by atoms with Crippen LogP contribution >= 0.6 is 11.6 Å². The minimum Gasteiger partial charge on any atom is -0.493 e. The zero-order valence-corrected chi connectivity index (χ0v) is 19.5. The van der Waals surface area contributed by atoms with Gasteiger partial charge in [0.2, 0.25) is 5.91 Å². The summed E-state index contributed by atoms with van der Waals surface area (Å²) < 4.78 is 30.9. The van der Waals surface area contributed by atoms with Crippen LogP contribution in [0, 0.1) is 5.82 Å². The van der Waals surface area contributed by atoms with E-state index in [1.165, 1.54) is 30.9 Å². The predicted molar refractivity (Wildman–Crippen MR) is 125 cm³/mol. The summed E-state index contributed by atoms with van der Waals surface area (Å²) in [5, 5.41) is 2.83. The number of morpholine rings is 1. The van der Waals surface area contributed by atoms with E-state index in [-0.39, 0.29) is 17.1 Å². The van der Waals surface area contributed by atoms with Crippen LogP contribution in [0.3, 0.4) is 0 Å². The van der Waals surface area contributed by atoms with E-state index in [2.05, 4.69) is 10.2 Å². The molecule has 0 atom stereocenters. The van der Waals surface area contributed by atoms with Gasteiger partial charge in [-0.1, -0.05) is 11.6 Å². The van der Waals surface area contributed by atoms with Gasteiger partial charge in [-0.25, -0.2) is 9.37 Å². The molecular weight excluding hydrogens is 467 g/mol. The van der Waals surface area contributed by atoms with E-state index >= 15 is 0 Å². The molecule has 1 fully saturated rings. The van der Waals surface area contributed by atoms with Gasteiger partial charge < -0.3 is 19.5 Å². The lowest BCUT2D eigenvalue weighted by molar-refractivity contribution is -0.116. The highest BCUT2D eigenvalue weighted by Crippen LogP contribution is 2.30. The molecule has 4 rings (SSSR count). The van der Waals surface area contributed by atoms with E-state index in [9.17, 15) is 14.0 Å². The van der Waals surface area contributed by atoms with Gasteiger partial charge in [-0.15, -0.1) is 0 Å². The number of methoxy groups -OCH3 is 2. The third kappa shape index (κ3) is 5.14. The van der Waals surface area contributed by atoms with E-state index in [4.69, 9.17) is 30.8 Å². The molecule has 3 aromatic rings. The highest BCUT2D eigenvalue weighted by molar-refractivity contribution is 6.31. The molecule has 1 saturated heterocycles. The molecule has 0 saturated carbocycles. The van der Waals surface area contributed by atoms with E-state index in [1.54, 1.807) is 12.1 Å². The number of anilines is 1. The topological polar surface area (TPSA) is 94.9 Å². The van der Waals surface area contributed by atoms with Crippen molar-refractivity contribution in [3.8, 4) is 11.5 Å². The number of hydrogen-bond acceptors (Lipinski definition) is 7. The maximum absolute atomic E-state index is 13.5. The summed E-state index contributed by atoms with van der Waals surface area (Å²) >= 11 is 5.81. The number of fused-ring (bicyclic) bond motifs is 1. The van der Waals surface area contributed by atoms with Crippen molar-refractivity contribution in [1.82, 2.24) is 14.5 Å². The number of ether oxygens (including phenoxy) is 3. The molecule has 180 valence electrons. The van der Waals surface area contributed by atoms with Crippen molar-refractivity contribution < 1.29 is 23.4 Å². The number of amides is 1. The van der Waals surface area contributed by atoms with Gasteiger partial charge in [-0.2, -0.15) is 0 Å². The number of nitrogens with one attached hydrogen (secondary N) is 1. The zero-order chi connectivity index (χ0) is 24.2. The Labute approximate surface area is 200 Å². The van der Waals surface area contributed by atoms with Crippen LogP contribution in [0.25, 0.3) is 10.9 Å². The summed E-state index contributed by atoms with van der Waals surface area (Å²) in [6, 6.07) is 7.05. The zero-order valence-electron chi connectivity index (χ0n) is 18.8. The molecule has 0 aliphatic carbocycles. The van der Waals surface area contributed by atoms with E-state index in [0.29, 0.717) is 66.8 Å². The third-order valence-corrected chi connectivity index (χ3v) is 5.80. The summed E-state index contributed by atoms with van der Waals surface area (Å²) in [6.07, 6.45) is 0. The van der Waals surface area contributed by atoms with E-state index in [1.807, 2.05) is 0 Å². The Morgan fingerprint density at radius 2 is 1.88 bits per heavy atom. The quantitative estimate of drug-likeness (QED) is 0.544. The van der Waals surface area contributed by atoms with Crippen molar-refractivity contribution in [2.45, 2.75) is 13.1 Å². The van der Waals surface area contributed by atoms with Crippen molar-refractivity contribution in [2.75, 3.05) is 45.8 Å². The molecule has 2 heterocycles. The maximum Gasteiger partial charge on any atom is 0.262 e. The average Bonchev–Trinajstić information content (AvgIpc) is 2.83. The second-order valence-corrected chi connectivity index (χ2v) is 8.12. The maximum atomic E-state index is 13.5. The Morgan fingerprint density at radius 1 is 1.18 bits per heavy atom. The fourth-order valence-electron chi connectivity index (χ4n) is 3.76. The van der Waals surface area contributed by atoms with Crippen molar-refractivity contribution in [2.24, 2.45) is 0 Å². The van der Waals surface area contributed by atoms with Crippen LogP contribution in [0.15, 0.2) is 35.1 Å². The first-order valence-electron chi connectivity index (χ1n) is 10.6. The van der Waals surface area contributed by atoms with Crippen LogP contribution in [0.2, 0.25) is 5.02 Å². The Morgan fingerprint density at radius 3 is 2.56 bits per heavy atom. The van der Waals surface area contributed by atoms with E-state index in [0.717, 1.165) is 6.07 Å². The molecule has 9 nitrogen and oxygen atoms in total. The molecule has 0 spiro atoms. The highest BCUT2D eigenvalue weighted by atomic mass is 35.5. The van der Waals surface area contributed by atoms with Gasteiger partial charge in [0.1, 0.15) is 18.2 Å². The summed E-state index contributed by atoms with van der Waals surface area (Å²) in [7, 11) is 2.98. The van der Waals surface area contributed by atoms with Gasteiger partial charge in [-0.05, 0) is 24.3 Å². The standard InChI is InChI=1S/C23H24ClFN4O5/c1-32-19-10-15-18(11-20(19)33-2)27-21(12-28-5-7-34-8-6-28)29(23(15)31)13-22(30)26-14-3-4-17(25)16(24)9-14/h3-4,9-11H,5-8,12-13H2,1-2H3,(H,26,30). The second kappa shape index (κ2) is 10.4. The molecule has 1 aromatic heterocycles. The molecule has 11 heteroatoms. The van der Waals surface area contributed by atoms with Crippen LogP contribution in [-0.2, 0) is 22.6 Å². The number of benzene rings is 2.